The highest BCUT2D eigenvalue weighted by Gasteiger charge is 2.17. The molecule has 0 saturated carbocycles. The Morgan fingerprint density at radius 3 is 1.33 bits per heavy atom. The highest BCUT2D eigenvalue weighted by atomic mass is 79.9. The van der Waals surface area contributed by atoms with Crippen LogP contribution in [0.25, 0.3) is 76.3 Å². The number of rotatable bonds is 2. The van der Waals surface area contributed by atoms with Crippen molar-refractivity contribution in [3.8, 4) is 11.1 Å². The lowest BCUT2D eigenvalue weighted by molar-refractivity contribution is 0.425. The molecule has 8 nitrogen and oxygen atoms in total. The molecule has 0 aliphatic rings. The molecule has 0 saturated heterocycles. The molecule has 12 heteroatoms. The summed E-state index contributed by atoms with van der Waals surface area (Å²) >= 11 is 10.3. The maximum atomic E-state index is 8.73. The van der Waals surface area contributed by atoms with Crippen molar-refractivity contribution in [2.45, 2.75) is 7.43 Å². The van der Waals surface area contributed by atoms with Crippen molar-refractivity contribution in [1.29, 1.82) is 0 Å². The minimum atomic E-state index is -1.39. The van der Waals surface area contributed by atoms with Gasteiger partial charge in [-0.05, 0) is 80.2 Å². The van der Waals surface area contributed by atoms with Gasteiger partial charge in [0, 0.05) is 81.8 Å². The Bertz CT molecular complexity index is 3040. The first-order valence-electron chi connectivity index (χ1n) is 17.4. The largest absolute Gasteiger partial charge is 0.489 e. The van der Waals surface area contributed by atoms with E-state index in [0.29, 0.717) is 9.94 Å². The summed E-state index contributed by atoms with van der Waals surface area (Å²) in [5, 5.41) is 25.9. The lowest BCUT2D eigenvalue weighted by Crippen LogP contribution is -2.30. The lowest BCUT2D eigenvalue weighted by atomic mass is 9.80. The molecule has 0 unspecified atom stereocenters. The van der Waals surface area contributed by atoms with Gasteiger partial charge in [0.15, 0.2) is 0 Å². The number of nitrogens with zero attached hydrogens (tertiary/aromatic N) is 4. The van der Waals surface area contributed by atoms with Crippen LogP contribution in [0.4, 0.5) is 11.4 Å². The number of nitrogen functional groups attached to an aromatic ring is 2. The molecule has 4 aromatic heterocycles. The van der Waals surface area contributed by atoms with Crippen LogP contribution in [0.1, 0.15) is 7.43 Å². The van der Waals surface area contributed by atoms with Crippen molar-refractivity contribution in [3.63, 3.8) is 0 Å². The van der Waals surface area contributed by atoms with Crippen LogP contribution in [0.5, 0.6) is 0 Å². The predicted octanol–water partition coefficient (Wildman–Crippen LogP) is 11.0. The van der Waals surface area contributed by atoms with Crippen LogP contribution in [0.3, 0.4) is 0 Å². The Morgan fingerprint density at radius 2 is 0.842 bits per heavy atom. The summed E-state index contributed by atoms with van der Waals surface area (Å²) < 4.78 is 2.64. The highest BCUT2D eigenvalue weighted by Crippen LogP contribution is 2.42. The Balaban J connectivity index is 0.000000142. The SMILES string of the molecule is C.Nc1c(-c2ccccc2Br)ccc2c3cccnc3c3ncccc3c12.Nc1c(Br)ccc2c3cccnc3c3ncccc3c12.OB(O)c1ccccc1Br. The third kappa shape index (κ3) is 7.42. The van der Waals surface area contributed by atoms with Gasteiger partial charge in [0.2, 0.25) is 0 Å². The van der Waals surface area contributed by atoms with Crippen molar-refractivity contribution in [2.24, 2.45) is 0 Å². The lowest BCUT2D eigenvalue weighted by Gasteiger charge is -2.15. The van der Waals surface area contributed by atoms with Gasteiger partial charge in [-0.2, -0.15) is 0 Å². The topological polar surface area (TPSA) is 144 Å². The molecule has 6 N–H and O–H groups in total. The number of hydrogen-bond donors (Lipinski definition) is 4. The molecule has 0 radical (unpaired) electrons. The first-order valence-corrected chi connectivity index (χ1v) is 19.8. The molecular formula is C45H34BBr3N6O2. The smallest absolute Gasteiger partial charge is 0.423 e. The summed E-state index contributed by atoms with van der Waals surface area (Å²) in [6, 6.07) is 39.4. The summed E-state index contributed by atoms with van der Waals surface area (Å²) in [6.45, 7) is 0. The second kappa shape index (κ2) is 16.9. The van der Waals surface area contributed by atoms with E-state index in [2.05, 4.69) is 110 Å². The number of pyridine rings is 4. The fourth-order valence-corrected chi connectivity index (χ4v) is 8.37. The standard InChI is InChI=1S/C22H14BrN3.C16H10BrN3.C6H6BBrO2.CH4/c23-18-8-2-1-5-13(18)15-10-9-14-16-6-3-11-25-21(16)22-17(7-4-12-26-22)19(14)20(15)24;17-12-6-5-9-10-3-1-7-19-15(10)16-11(4-2-8-20-16)13(9)14(12)18;8-6-4-2-1-3-5(6)7(9)10;/h1-12H,24H2;1-8H,18H2;1-4,9-10H;1H4. The van der Waals surface area contributed by atoms with Crippen LogP contribution >= 0.6 is 47.8 Å². The molecule has 0 bridgehead atoms. The normalized spacial score (nSPS) is 10.9. The summed E-state index contributed by atoms with van der Waals surface area (Å²) in [6.07, 6.45) is 7.19. The van der Waals surface area contributed by atoms with Gasteiger partial charge in [-0.15, -0.1) is 0 Å². The van der Waals surface area contributed by atoms with E-state index in [0.717, 1.165) is 96.6 Å². The molecule has 10 aromatic rings. The summed E-state index contributed by atoms with van der Waals surface area (Å²) in [7, 11) is -1.39. The van der Waals surface area contributed by atoms with Gasteiger partial charge >= 0.3 is 7.12 Å². The second-order valence-corrected chi connectivity index (χ2v) is 15.4. The van der Waals surface area contributed by atoms with Crippen LogP contribution in [0, 0.1) is 0 Å². The number of hydrogen-bond acceptors (Lipinski definition) is 8. The average Bonchev–Trinajstić information content (AvgIpc) is 3.23. The predicted molar refractivity (Wildman–Crippen MR) is 249 cm³/mol. The molecule has 0 aliphatic heterocycles. The van der Waals surface area contributed by atoms with E-state index >= 15 is 0 Å². The molecule has 0 spiro atoms. The van der Waals surface area contributed by atoms with E-state index in [1.54, 1.807) is 43.0 Å². The van der Waals surface area contributed by atoms with E-state index < -0.39 is 7.12 Å². The van der Waals surface area contributed by atoms with Crippen LogP contribution in [0.15, 0.2) is 160 Å². The molecule has 4 heterocycles. The van der Waals surface area contributed by atoms with Gasteiger partial charge in [-0.3, -0.25) is 19.9 Å². The van der Waals surface area contributed by atoms with E-state index in [9.17, 15) is 0 Å². The zero-order chi connectivity index (χ0) is 38.9. The van der Waals surface area contributed by atoms with E-state index in [-0.39, 0.29) is 7.43 Å². The first-order chi connectivity index (χ1) is 27.2. The van der Waals surface area contributed by atoms with Crippen molar-refractivity contribution in [2.75, 3.05) is 11.5 Å². The van der Waals surface area contributed by atoms with Gasteiger partial charge in [0.05, 0.1) is 27.8 Å². The molecule has 0 amide bonds. The second-order valence-electron chi connectivity index (χ2n) is 12.8. The Labute approximate surface area is 354 Å². The first kappa shape index (κ1) is 39.7. The third-order valence-corrected chi connectivity index (χ3v) is 11.7. The van der Waals surface area contributed by atoms with Crippen LogP contribution < -0.4 is 16.9 Å². The van der Waals surface area contributed by atoms with E-state index in [1.807, 2.05) is 60.7 Å². The average molecular weight is 941 g/mol. The summed E-state index contributed by atoms with van der Waals surface area (Å²) in [5.74, 6) is 0. The van der Waals surface area contributed by atoms with E-state index in [1.165, 1.54) is 0 Å². The van der Waals surface area contributed by atoms with Gasteiger partial charge in [-0.1, -0.05) is 118 Å². The van der Waals surface area contributed by atoms with Gasteiger partial charge in [-0.25, -0.2) is 0 Å². The fourth-order valence-electron chi connectivity index (χ4n) is 7.06. The summed E-state index contributed by atoms with van der Waals surface area (Å²) in [4.78, 5) is 18.2. The quantitative estimate of drug-likeness (QED) is 0.0762. The van der Waals surface area contributed by atoms with Crippen molar-refractivity contribution >= 4 is 137 Å². The van der Waals surface area contributed by atoms with Crippen LogP contribution in [0.2, 0.25) is 0 Å². The molecular weight excluding hydrogens is 907 g/mol. The minimum Gasteiger partial charge on any atom is -0.423 e. The van der Waals surface area contributed by atoms with Gasteiger partial charge in [0.1, 0.15) is 0 Å². The van der Waals surface area contributed by atoms with E-state index in [4.69, 9.17) is 21.5 Å². The monoisotopic (exact) mass is 938 g/mol. The fraction of sp³-hybridized carbons (Fsp3) is 0.0222. The molecule has 280 valence electrons. The van der Waals surface area contributed by atoms with Gasteiger partial charge < -0.3 is 21.5 Å². The zero-order valence-corrected chi connectivity index (χ0v) is 34.2. The molecule has 10 rings (SSSR count). The number of fused-ring (bicyclic) bond motifs is 12. The maximum Gasteiger partial charge on any atom is 0.489 e. The molecule has 6 aromatic carbocycles. The zero-order valence-electron chi connectivity index (χ0n) is 29.4. The maximum absolute atomic E-state index is 8.73. The summed E-state index contributed by atoms with van der Waals surface area (Å²) in [5.41, 5.74) is 20.7. The molecule has 0 aliphatic carbocycles. The van der Waals surface area contributed by atoms with Crippen molar-refractivity contribution in [3.05, 3.63) is 160 Å². The molecule has 57 heavy (non-hydrogen) atoms. The number of anilines is 2. The van der Waals surface area contributed by atoms with Crippen LogP contribution in [-0.2, 0) is 0 Å². The Morgan fingerprint density at radius 1 is 0.404 bits per heavy atom. The Hall–Kier alpha value is -5.50. The number of halogens is 3. The van der Waals surface area contributed by atoms with Crippen molar-refractivity contribution in [1.82, 2.24) is 19.9 Å². The number of aromatic nitrogens is 4. The molecule has 0 fully saturated rings. The minimum absolute atomic E-state index is 0. The van der Waals surface area contributed by atoms with Crippen molar-refractivity contribution < 1.29 is 10.0 Å². The number of benzene rings is 6. The highest BCUT2D eigenvalue weighted by molar-refractivity contribution is 9.11. The third-order valence-electron chi connectivity index (χ3n) is 9.58. The Kier molecular flexibility index (Phi) is 11.8. The van der Waals surface area contributed by atoms with Crippen LogP contribution in [-0.4, -0.2) is 37.1 Å². The number of nitrogens with two attached hydrogens (primary N) is 2. The molecule has 0 atom stereocenters. The van der Waals surface area contributed by atoms with Gasteiger partial charge in [0.25, 0.3) is 0 Å².